The smallest absolute Gasteiger partial charge is 0.253 e. The number of hydrogen-bond acceptors (Lipinski definition) is 2. The summed E-state index contributed by atoms with van der Waals surface area (Å²) in [7, 11) is 0. The van der Waals surface area contributed by atoms with Crippen LogP contribution in [0.3, 0.4) is 0 Å². The molecule has 66 valence electrons. The highest BCUT2D eigenvalue weighted by Crippen LogP contribution is 2.38. The lowest BCUT2D eigenvalue weighted by Crippen LogP contribution is -2.29. The lowest BCUT2D eigenvalue weighted by molar-refractivity contribution is -0.0657. The summed E-state index contributed by atoms with van der Waals surface area (Å²) in [5.41, 5.74) is 0. The predicted molar refractivity (Wildman–Crippen MR) is 42.1 cm³/mol. The maximum Gasteiger partial charge on any atom is 0.253 e. The average molecular weight is 182 g/mol. The summed E-state index contributed by atoms with van der Waals surface area (Å²) < 4.78 is 25.9. The Hall–Kier alpha value is 0.170. The zero-order valence-corrected chi connectivity index (χ0v) is 7.04. The van der Waals surface area contributed by atoms with Gasteiger partial charge < -0.3 is 5.11 Å². The SMILES string of the molecule is OCCC(F)(F)C1CCSC1. The van der Waals surface area contributed by atoms with Gasteiger partial charge in [-0.3, -0.25) is 0 Å². The van der Waals surface area contributed by atoms with Crippen molar-refractivity contribution in [1.82, 2.24) is 0 Å². The third kappa shape index (κ3) is 2.30. The summed E-state index contributed by atoms with van der Waals surface area (Å²) in [6.45, 7) is -0.409. The zero-order valence-electron chi connectivity index (χ0n) is 6.22. The Balaban J connectivity index is 2.41. The molecule has 1 fully saturated rings. The van der Waals surface area contributed by atoms with Gasteiger partial charge in [0.1, 0.15) is 0 Å². The Morgan fingerprint density at radius 2 is 2.27 bits per heavy atom. The zero-order chi connectivity index (χ0) is 8.32. The van der Waals surface area contributed by atoms with Crippen molar-refractivity contribution in [3.63, 3.8) is 0 Å². The van der Waals surface area contributed by atoms with Crippen molar-refractivity contribution >= 4 is 11.8 Å². The van der Waals surface area contributed by atoms with Crippen molar-refractivity contribution in [2.75, 3.05) is 18.1 Å². The molecule has 1 heterocycles. The van der Waals surface area contributed by atoms with Gasteiger partial charge >= 0.3 is 0 Å². The molecule has 1 rings (SSSR count). The van der Waals surface area contributed by atoms with Gasteiger partial charge in [0, 0.05) is 24.7 Å². The van der Waals surface area contributed by atoms with E-state index < -0.39 is 18.4 Å². The third-order valence-corrected chi connectivity index (χ3v) is 3.13. The van der Waals surface area contributed by atoms with Gasteiger partial charge in [0.15, 0.2) is 0 Å². The average Bonchev–Trinajstić information content (AvgIpc) is 2.37. The highest BCUT2D eigenvalue weighted by molar-refractivity contribution is 7.99. The van der Waals surface area contributed by atoms with Crippen molar-refractivity contribution in [3.05, 3.63) is 0 Å². The lowest BCUT2D eigenvalue weighted by Gasteiger charge is -2.21. The first-order valence-electron chi connectivity index (χ1n) is 3.73. The molecule has 0 saturated carbocycles. The minimum atomic E-state index is -2.64. The van der Waals surface area contributed by atoms with Crippen LogP contribution in [0.2, 0.25) is 0 Å². The largest absolute Gasteiger partial charge is 0.396 e. The summed E-state index contributed by atoms with van der Waals surface area (Å²) in [5.74, 6) is -1.75. The van der Waals surface area contributed by atoms with E-state index in [-0.39, 0.29) is 6.42 Å². The third-order valence-electron chi connectivity index (χ3n) is 1.97. The van der Waals surface area contributed by atoms with Crippen molar-refractivity contribution in [2.45, 2.75) is 18.8 Å². The molecule has 0 spiro atoms. The van der Waals surface area contributed by atoms with E-state index in [1.807, 2.05) is 0 Å². The van der Waals surface area contributed by atoms with Gasteiger partial charge in [0.2, 0.25) is 0 Å². The van der Waals surface area contributed by atoms with E-state index in [9.17, 15) is 8.78 Å². The maximum absolute atomic E-state index is 13.0. The molecule has 1 aliphatic heterocycles. The van der Waals surface area contributed by atoms with Crippen LogP contribution in [0.25, 0.3) is 0 Å². The maximum atomic E-state index is 13.0. The van der Waals surface area contributed by atoms with E-state index in [2.05, 4.69) is 0 Å². The second-order valence-electron chi connectivity index (χ2n) is 2.80. The van der Waals surface area contributed by atoms with Gasteiger partial charge in [-0.05, 0) is 12.2 Å². The van der Waals surface area contributed by atoms with E-state index in [1.54, 1.807) is 11.8 Å². The summed E-state index contributed by atoms with van der Waals surface area (Å²) >= 11 is 1.57. The lowest BCUT2D eigenvalue weighted by atomic mass is 9.98. The van der Waals surface area contributed by atoms with Crippen LogP contribution in [0, 0.1) is 5.92 Å². The van der Waals surface area contributed by atoms with Crippen LogP contribution < -0.4 is 0 Å². The van der Waals surface area contributed by atoms with Crippen LogP contribution in [-0.4, -0.2) is 29.1 Å². The van der Waals surface area contributed by atoms with E-state index >= 15 is 0 Å². The first-order chi connectivity index (χ1) is 5.17. The Morgan fingerprint density at radius 3 is 2.73 bits per heavy atom. The second kappa shape index (κ2) is 3.72. The number of aliphatic hydroxyl groups excluding tert-OH is 1. The fourth-order valence-corrected chi connectivity index (χ4v) is 2.53. The number of rotatable bonds is 3. The van der Waals surface area contributed by atoms with Crippen molar-refractivity contribution in [2.24, 2.45) is 5.92 Å². The quantitative estimate of drug-likeness (QED) is 0.717. The number of aliphatic hydroxyl groups is 1. The van der Waals surface area contributed by atoms with Gasteiger partial charge in [0.05, 0.1) is 0 Å². The molecule has 1 aliphatic rings. The minimum Gasteiger partial charge on any atom is -0.396 e. The topological polar surface area (TPSA) is 20.2 Å². The summed E-state index contributed by atoms with van der Waals surface area (Å²) in [6, 6.07) is 0. The molecule has 0 aromatic heterocycles. The van der Waals surface area contributed by atoms with Gasteiger partial charge in [-0.2, -0.15) is 11.8 Å². The number of hydrogen-bond donors (Lipinski definition) is 1. The fraction of sp³-hybridized carbons (Fsp3) is 1.00. The fourth-order valence-electron chi connectivity index (χ4n) is 1.22. The Morgan fingerprint density at radius 1 is 1.55 bits per heavy atom. The molecule has 0 aromatic carbocycles. The summed E-state index contributed by atoms with van der Waals surface area (Å²) in [4.78, 5) is 0. The summed E-state index contributed by atoms with van der Waals surface area (Å²) in [5, 5.41) is 8.38. The Kier molecular flexibility index (Phi) is 3.13. The molecular formula is C7H12F2OS. The van der Waals surface area contributed by atoms with Crippen molar-refractivity contribution in [3.8, 4) is 0 Å². The molecule has 1 N–H and O–H groups in total. The number of alkyl halides is 2. The second-order valence-corrected chi connectivity index (χ2v) is 3.94. The minimum absolute atomic E-state index is 0.377. The van der Waals surface area contributed by atoms with Gasteiger partial charge in [-0.25, -0.2) is 8.78 Å². The highest BCUT2D eigenvalue weighted by atomic mass is 32.2. The van der Waals surface area contributed by atoms with Gasteiger partial charge in [-0.15, -0.1) is 0 Å². The highest BCUT2D eigenvalue weighted by Gasteiger charge is 2.40. The first-order valence-corrected chi connectivity index (χ1v) is 4.88. The molecule has 1 unspecified atom stereocenters. The predicted octanol–water partition coefficient (Wildman–Crippen LogP) is 1.76. The van der Waals surface area contributed by atoms with E-state index in [0.29, 0.717) is 12.2 Å². The monoisotopic (exact) mass is 182 g/mol. The molecule has 1 atom stereocenters. The van der Waals surface area contributed by atoms with Crippen molar-refractivity contribution in [1.29, 1.82) is 0 Å². The van der Waals surface area contributed by atoms with Crippen LogP contribution in [0.1, 0.15) is 12.8 Å². The van der Waals surface area contributed by atoms with Crippen LogP contribution in [-0.2, 0) is 0 Å². The summed E-state index contributed by atoms with van der Waals surface area (Å²) in [6.07, 6.45) is 0.218. The van der Waals surface area contributed by atoms with Crippen molar-refractivity contribution < 1.29 is 13.9 Å². The van der Waals surface area contributed by atoms with Crippen LogP contribution in [0.5, 0.6) is 0 Å². The first kappa shape index (κ1) is 9.26. The van der Waals surface area contributed by atoms with Crippen LogP contribution in [0.15, 0.2) is 0 Å². The molecule has 1 nitrogen and oxygen atoms in total. The Bertz CT molecular complexity index is 124. The number of halogens is 2. The van der Waals surface area contributed by atoms with E-state index in [0.717, 1.165) is 5.75 Å². The molecule has 0 amide bonds. The molecule has 1 saturated heterocycles. The van der Waals surface area contributed by atoms with E-state index in [1.165, 1.54) is 0 Å². The molecular weight excluding hydrogens is 170 g/mol. The number of thioether (sulfide) groups is 1. The molecule has 0 radical (unpaired) electrons. The molecule has 0 bridgehead atoms. The van der Waals surface area contributed by atoms with Crippen LogP contribution >= 0.6 is 11.8 Å². The van der Waals surface area contributed by atoms with Gasteiger partial charge in [0.25, 0.3) is 5.92 Å². The Labute approximate surface area is 69.2 Å². The molecule has 0 aromatic rings. The van der Waals surface area contributed by atoms with Gasteiger partial charge in [-0.1, -0.05) is 0 Å². The normalized spacial score (nSPS) is 25.9. The molecule has 11 heavy (non-hydrogen) atoms. The molecule has 0 aliphatic carbocycles. The standard InChI is InChI=1S/C7H12F2OS/c8-7(9,2-3-10)6-1-4-11-5-6/h6,10H,1-5H2. The van der Waals surface area contributed by atoms with Crippen LogP contribution in [0.4, 0.5) is 8.78 Å². The van der Waals surface area contributed by atoms with E-state index in [4.69, 9.17) is 5.11 Å². The molecule has 4 heteroatoms.